The van der Waals surface area contributed by atoms with Crippen molar-refractivity contribution in [1.29, 1.82) is 0 Å². The van der Waals surface area contributed by atoms with Gasteiger partial charge in [-0.25, -0.2) is 4.79 Å². The molecule has 1 saturated heterocycles. The molecule has 1 aliphatic heterocycles. The molecule has 2 heterocycles. The summed E-state index contributed by atoms with van der Waals surface area (Å²) < 4.78 is 1.29. The Bertz CT molecular complexity index is 809. The SMILES string of the molecule is Cc1cc(=O)n(CCN2CCCN(c3ccccc3C)CC2)c(=O)[nH]1. The van der Waals surface area contributed by atoms with Crippen LogP contribution < -0.4 is 16.1 Å². The fraction of sp³-hybridized carbons (Fsp3) is 0.474. The summed E-state index contributed by atoms with van der Waals surface area (Å²) in [6.07, 6.45) is 1.08. The number of benzene rings is 1. The summed E-state index contributed by atoms with van der Waals surface area (Å²) >= 11 is 0. The van der Waals surface area contributed by atoms with Gasteiger partial charge in [-0.05, 0) is 38.4 Å². The van der Waals surface area contributed by atoms with E-state index < -0.39 is 0 Å². The molecule has 1 aliphatic rings. The molecule has 1 fully saturated rings. The number of rotatable bonds is 4. The van der Waals surface area contributed by atoms with Gasteiger partial charge in [0.2, 0.25) is 0 Å². The largest absolute Gasteiger partial charge is 0.370 e. The first-order valence-corrected chi connectivity index (χ1v) is 8.88. The van der Waals surface area contributed by atoms with E-state index in [4.69, 9.17) is 0 Å². The van der Waals surface area contributed by atoms with Gasteiger partial charge in [-0.3, -0.25) is 14.3 Å². The molecule has 0 amide bonds. The minimum atomic E-state index is -0.318. The highest BCUT2D eigenvalue weighted by Crippen LogP contribution is 2.20. The van der Waals surface area contributed by atoms with Crippen molar-refractivity contribution in [2.45, 2.75) is 26.8 Å². The van der Waals surface area contributed by atoms with Crippen LogP contribution in [0, 0.1) is 13.8 Å². The van der Waals surface area contributed by atoms with Crippen molar-refractivity contribution in [3.05, 3.63) is 62.4 Å². The maximum absolute atomic E-state index is 12.0. The normalized spacial score (nSPS) is 16.0. The number of aromatic nitrogens is 2. The summed E-state index contributed by atoms with van der Waals surface area (Å²) in [6, 6.07) is 9.95. The highest BCUT2D eigenvalue weighted by atomic mass is 16.2. The number of hydrogen-bond acceptors (Lipinski definition) is 4. The number of aryl methyl sites for hydroxylation is 2. The summed E-state index contributed by atoms with van der Waals surface area (Å²) in [5.74, 6) is 0. The molecule has 0 radical (unpaired) electrons. The molecule has 0 unspecified atom stereocenters. The fourth-order valence-corrected chi connectivity index (χ4v) is 3.44. The zero-order chi connectivity index (χ0) is 17.8. The van der Waals surface area contributed by atoms with E-state index in [9.17, 15) is 9.59 Å². The number of anilines is 1. The number of aromatic amines is 1. The molecule has 0 spiro atoms. The third-order valence-corrected chi connectivity index (χ3v) is 4.84. The Balaban J connectivity index is 1.62. The van der Waals surface area contributed by atoms with Crippen LogP contribution in [0.2, 0.25) is 0 Å². The molecular formula is C19H26N4O2. The molecule has 25 heavy (non-hydrogen) atoms. The smallest absolute Gasteiger partial charge is 0.328 e. The van der Waals surface area contributed by atoms with Crippen LogP contribution in [-0.4, -0.2) is 47.2 Å². The summed E-state index contributed by atoms with van der Waals surface area (Å²) in [7, 11) is 0. The van der Waals surface area contributed by atoms with Crippen LogP contribution in [0.5, 0.6) is 0 Å². The molecule has 2 aromatic rings. The highest BCUT2D eigenvalue weighted by Gasteiger charge is 2.16. The molecule has 0 aliphatic carbocycles. The molecule has 1 aromatic carbocycles. The molecular weight excluding hydrogens is 316 g/mol. The Hall–Kier alpha value is -2.34. The van der Waals surface area contributed by atoms with E-state index in [1.165, 1.54) is 21.9 Å². The van der Waals surface area contributed by atoms with Crippen molar-refractivity contribution in [1.82, 2.24) is 14.5 Å². The average molecular weight is 342 g/mol. The molecule has 0 bridgehead atoms. The van der Waals surface area contributed by atoms with E-state index in [1.807, 2.05) is 0 Å². The molecule has 6 heteroatoms. The average Bonchev–Trinajstić information content (AvgIpc) is 2.80. The molecule has 0 atom stereocenters. The summed E-state index contributed by atoms with van der Waals surface area (Å²) in [4.78, 5) is 31.4. The lowest BCUT2D eigenvalue weighted by Gasteiger charge is -2.25. The second kappa shape index (κ2) is 7.70. The standard InChI is InChI=1S/C19H26N4O2/c1-15-6-3-4-7-17(15)22-9-5-8-21(10-12-22)11-13-23-18(24)14-16(2)20-19(23)25/h3-4,6-7,14H,5,8-13H2,1-2H3,(H,20,25). The first-order chi connectivity index (χ1) is 12.0. The van der Waals surface area contributed by atoms with Gasteiger partial charge < -0.3 is 9.88 Å². The molecule has 1 N–H and O–H groups in total. The van der Waals surface area contributed by atoms with Gasteiger partial charge >= 0.3 is 5.69 Å². The number of H-pyrrole nitrogens is 1. The first kappa shape index (κ1) is 17.5. The quantitative estimate of drug-likeness (QED) is 0.912. The zero-order valence-corrected chi connectivity index (χ0v) is 15.0. The predicted octanol–water partition coefficient (Wildman–Crippen LogP) is 1.37. The summed E-state index contributed by atoms with van der Waals surface area (Å²) in [6.45, 7) is 8.94. The Kier molecular flexibility index (Phi) is 5.38. The lowest BCUT2D eigenvalue weighted by atomic mass is 10.2. The van der Waals surface area contributed by atoms with Crippen molar-refractivity contribution in [3.63, 3.8) is 0 Å². The van der Waals surface area contributed by atoms with Crippen LogP contribution >= 0.6 is 0 Å². The molecule has 3 rings (SSSR count). The summed E-state index contributed by atoms with van der Waals surface area (Å²) in [5.41, 5.74) is 2.66. The molecule has 134 valence electrons. The van der Waals surface area contributed by atoms with Crippen LogP contribution in [0.25, 0.3) is 0 Å². The second-order valence-electron chi connectivity index (χ2n) is 6.72. The van der Waals surface area contributed by atoms with Gasteiger partial charge in [-0.1, -0.05) is 18.2 Å². The molecule has 6 nitrogen and oxygen atoms in total. The Labute approximate surface area is 147 Å². The third-order valence-electron chi connectivity index (χ3n) is 4.84. The van der Waals surface area contributed by atoms with Gasteiger partial charge in [0.25, 0.3) is 5.56 Å². The highest BCUT2D eigenvalue weighted by molar-refractivity contribution is 5.53. The Morgan fingerprint density at radius 2 is 1.80 bits per heavy atom. The van der Waals surface area contributed by atoms with E-state index in [-0.39, 0.29) is 11.2 Å². The number of nitrogens with one attached hydrogen (secondary N) is 1. The lowest BCUT2D eigenvalue weighted by molar-refractivity contribution is 0.277. The maximum atomic E-state index is 12.0. The van der Waals surface area contributed by atoms with E-state index in [1.54, 1.807) is 6.92 Å². The van der Waals surface area contributed by atoms with Gasteiger partial charge in [-0.15, -0.1) is 0 Å². The van der Waals surface area contributed by atoms with Crippen LogP contribution in [0.3, 0.4) is 0 Å². The fourth-order valence-electron chi connectivity index (χ4n) is 3.44. The minimum absolute atomic E-state index is 0.224. The second-order valence-corrected chi connectivity index (χ2v) is 6.72. The minimum Gasteiger partial charge on any atom is -0.370 e. The zero-order valence-electron chi connectivity index (χ0n) is 15.0. The van der Waals surface area contributed by atoms with Crippen molar-refractivity contribution in [3.8, 4) is 0 Å². The van der Waals surface area contributed by atoms with Crippen molar-refractivity contribution in [2.24, 2.45) is 0 Å². The molecule has 0 saturated carbocycles. The van der Waals surface area contributed by atoms with Gasteiger partial charge in [0.15, 0.2) is 0 Å². The number of hydrogen-bond donors (Lipinski definition) is 1. The molecule has 1 aromatic heterocycles. The van der Waals surface area contributed by atoms with Crippen LogP contribution in [-0.2, 0) is 6.54 Å². The van der Waals surface area contributed by atoms with E-state index in [0.29, 0.717) is 18.8 Å². The maximum Gasteiger partial charge on any atom is 0.328 e. The predicted molar refractivity (Wildman–Crippen MR) is 101 cm³/mol. The van der Waals surface area contributed by atoms with E-state index >= 15 is 0 Å². The van der Waals surface area contributed by atoms with Crippen LogP contribution in [0.4, 0.5) is 5.69 Å². The Morgan fingerprint density at radius 1 is 1.00 bits per heavy atom. The third kappa shape index (κ3) is 4.20. The lowest BCUT2D eigenvalue weighted by Crippen LogP contribution is -2.40. The van der Waals surface area contributed by atoms with E-state index in [2.05, 4.69) is 46.0 Å². The number of nitrogens with zero attached hydrogens (tertiary/aromatic N) is 3. The number of para-hydroxylation sites is 1. The van der Waals surface area contributed by atoms with Crippen molar-refractivity contribution in [2.75, 3.05) is 37.6 Å². The monoisotopic (exact) mass is 342 g/mol. The van der Waals surface area contributed by atoms with Gasteiger partial charge in [0, 0.05) is 50.2 Å². The topological polar surface area (TPSA) is 61.3 Å². The van der Waals surface area contributed by atoms with Gasteiger partial charge in [-0.2, -0.15) is 0 Å². The summed E-state index contributed by atoms with van der Waals surface area (Å²) in [5, 5.41) is 0. The van der Waals surface area contributed by atoms with Crippen LogP contribution in [0.15, 0.2) is 39.9 Å². The Morgan fingerprint density at radius 3 is 2.56 bits per heavy atom. The van der Waals surface area contributed by atoms with Crippen molar-refractivity contribution < 1.29 is 0 Å². The van der Waals surface area contributed by atoms with Gasteiger partial charge in [0.05, 0.1) is 0 Å². The van der Waals surface area contributed by atoms with Gasteiger partial charge in [0.1, 0.15) is 0 Å². The van der Waals surface area contributed by atoms with Crippen LogP contribution in [0.1, 0.15) is 17.7 Å². The van der Waals surface area contributed by atoms with Crippen molar-refractivity contribution >= 4 is 5.69 Å². The first-order valence-electron chi connectivity index (χ1n) is 8.88. The van der Waals surface area contributed by atoms with E-state index in [0.717, 1.165) is 32.6 Å².